The van der Waals surface area contributed by atoms with Crippen LogP contribution in [-0.4, -0.2) is 24.1 Å². The Morgan fingerprint density at radius 2 is 0.842 bits per heavy atom. The van der Waals surface area contributed by atoms with Crippen molar-refractivity contribution in [2.24, 2.45) is 0 Å². The molecule has 0 N–H and O–H groups in total. The fourth-order valence-electron chi connectivity index (χ4n) is 8.61. The average molecular weight is 730 g/mol. The third-order valence-electron chi connectivity index (χ3n) is 11.2. The van der Waals surface area contributed by atoms with E-state index in [1.165, 1.54) is 10.8 Å². The molecule has 8 aromatic carbocycles. The summed E-state index contributed by atoms with van der Waals surface area (Å²) in [5.74, 6) is 1.82. The van der Waals surface area contributed by atoms with E-state index in [2.05, 4.69) is 124 Å². The van der Waals surface area contributed by atoms with Crippen molar-refractivity contribution in [2.45, 2.75) is 0 Å². The highest BCUT2D eigenvalue weighted by atomic mass is 16.3. The minimum absolute atomic E-state index is 0.568. The van der Waals surface area contributed by atoms with Gasteiger partial charge in [-0.2, -0.15) is 9.97 Å². The normalized spacial score (nSPS) is 11.9. The van der Waals surface area contributed by atoms with Gasteiger partial charge < -0.3 is 8.98 Å². The Kier molecular flexibility index (Phi) is 6.83. The highest BCUT2D eigenvalue weighted by Gasteiger charge is 2.22. The minimum atomic E-state index is 0.568. The van der Waals surface area contributed by atoms with Crippen LogP contribution in [0.4, 0.5) is 0 Å². The van der Waals surface area contributed by atoms with Crippen LogP contribution in [0.3, 0.4) is 0 Å². The van der Waals surface area contributed by atoms with Gasteiger partial charge in [-0.05, 0) is 48.0 Å². The second kappa shape index (κ2) is 12.3. The zero-order valence-corrected chi connectivity index (χ0v) is 30.5. The van der Waals surface area contributed by atoms with Gasteiger partial charge in [0.15, 0.2) is 11.6 Å². The van der Waals surface area contributed by atoms with Crippen LogP contribution in [0.25, 0.3) is 111 Å². The van der Waals surface area contributed by atoms with Crippen LogP contribution in [0.15, 0.2) is 192 Å². The molecule has 0 atom stereocenters. The highest BCUT2D eigenvalue weighted by Crippen LogP contribution is 2.42. The topological polar surface area (TPSA) is 61.7 Å². The van der Waals surface area contributed by atoms with E-state index in [4.69, 9.17) is 19.4 Å². The molecule has 0 saturated heterocycles. The van der Waals surface area contributed by atoms with Crippen LogP contribution < -0.4 is 0 Å². The second-order valence-corrected chi connectivity index (χ2v) is 14.4. The Hall–Kier alpha value is -7.83. The molecule has 0 unspecified atom stereocenters. The summed E-state index contributed by atoms with van der Waals surface area (Å²) in [7, 11) is 0. The molecule has 6 heteroatoms. The van der Waals surface area contributed by atoms with Crippen molar-refractivity contribution in [1.82, 2.24) is 24.1 Å². The molecule has 4 aromatic heterocycles. The lowest BCUT2D eigenvalue weighted by Crippen LogP contribution is -2.06. The third kappa shape index (κ3) is 4.87. The molecule has 0 radical (unpaired) electrons. The van der Waals surface area contributed by atoms with Gasteiger partial charge in [-0.15, -0.1) is 0 Å². The average Bonchev–Trinajstić information content (AvgIpc) is 3.93. The number of nitrogens with zero attached hydrogens (tertiary/aromatic N) is 5. The monoisotopic (exact) mass is 729 g/mol. The smallest absolute Gasteiger partial charge is 0.238 e. The number of benzene rings is 8. The molecule has 0 aliphatic heterocycles. The number of hydrogen-bond donors (Lipinski definition) is 0. The van der Waals surface area contributed by atoms with E-state index < -0.39 is 0 Å². The molecule has 6 nitrogen and oxygen atoms in total. The van der Waals surface area contributed by atoms with Gasteiger partial charge in [-0.3, -0.25) is 4.57 Å². The van der Waals surface area contributed by atoms with E-state index in [0.717, 1.165) is 82.7 Å². The lowest BCUT2D eigenvalue weighted by Gasteiger charge is -2.15. The minimum Gasteiger partial charge on any atom is -0.456 e. The molecule has 4 heterocycles. The van der Waals surface area contributed by atoms with Gasteiger partial charge in [0.25, 0.3) is 0 Å². The van der Waals surface area contributed by atoms with Crippen molar-refractivity contribution in [3.8, 4) is 45.5 Å². The van der Waals surface area contributed by atoms with E-state index in [1.54, 1.807) is 0 Å². The van der Waals surface area contributed by atoms with Crippen LogP contribution in [0.2, 0.25) is 0 Å². The van der Waals surface area contributed by atoms with Crippen molar-refractivity contribution < 1.29 is 4.42 Å². The van der Waals surface area contributed by atoms with E-state index in [0.29, 0.717) is 17.6 Å². The van der Waals surface area contributed by atoms with E-state index in [-0.39, 0.29) is 0 Å². The van der Waals surface area contributed by atoms with Gasteiger partial charge in [0.1, 0.15) is 11.2 Å². The lowest BCUT2D eigenvalue weighted by atomic mass is 9.98. The summed E-state index contributed by atoms with van der Waals surface area (Å²) in [5, 5.41) is 6.83. The highest BCUT2D eigenvalue weighted by molar-refractivity contribution is 6.14. The molecule has 266 valence electrons. The number of aromatic nitrogens is 5. The Morgan fingerprint density at radius 3 is 1.47 bits per heavy atom. The van der Waals surface area contributed by atoms with Gasteiger partial charge in [-0.25, -0.2) is 4.98 Å². The van der Waals surface area contributed by atoms with Crippen molar-refractivity contribution in [3.63, 3.8) is 0 Å². The lowest BCUT2D eigenvalue weighted by molar-refractivity contribution is 0.668. The van der Waals surface area contributed by atoms with E-state index >= 15 is 0 Å². The molecule has 0 bridgehead atoms. The number of fused-ring (bicyclic) bond motifs is 9. The van der Waals surface area contributed by atoms with Crippen molar-refractivity contribution in [3.05, 3.63) is 188 Å². The largest absolute Gasteiger partial charge is 0.456 e. The summed E-state index contributed by atoms with van der Waals surface area (Å²) in [6.07, 6.45) is 0. The number of hydrogen-bond acceptors (Lipinski definition) is 4. The quantitative estimate of drug-likeness (QED) is 0.177. The Labute approximate surface area is 326 Å². The van der Waals surface area contributed by atoms with Crippen LogP contribution in [0.5, 0.6) is 0 Å². The van der Waals surface area contributed by atoms with Crippen molar-refractivity contribution in [1.29, 1.82) is 0 Å². The molecule has 0 saturated carbocycles. The molecule has 57 heavy (non-hydrogen) atoms. The van der Waals surface area contributed by atoms with Crippen molar-refractivity contribution in [2.75, 3.05) is 0 Å². The molecular weight excluding hydrogens is 699 g/mol. The molecule has 0 fully saturated rings. The van der Waals surface area contributed by atoms with Crippen LogP contribution in [0.1, 0.15) is 0 Å². The van der Waals surface area contributed by atoms with Gasteiger partial charge in [0.2, 0.25) is 5.95 Å². The Balaban J connectivity index is 1.14. The SMILES string of the molecule is c1ccc(-c2nc(-c3ccccc3)nc(-n3c4ccccc4c4cc(-c5cc6c(cc5-n5c7ccccc7c7ccccc75)oc5ccccc56)ccc43)n2)cc1. The molecular formula is C51H31N5O. The zero-order valence-electron chi connectivity index (χ0n) is 30.5. The zero-order chi connectivity index (χ0) is 37.5. The maximum absolute atomic E-state index is 6.53. The van der Waals surface area contributed by atoms with Gasteiger partial charge in [-0.1, -0.05) is 140 Å². The first-order valence-corrected chi connectivity index (χ1v) is 19.1. The molecule has 0 spiro atoms. The fraction of sp³-hybridized carbons (Fsp3) is 0. The summed E-state index contributed by atoms with van der Waals surface area (Å²) < 4.78 is 11.1. The second-order valence-electron chi connectivity index (χ2n) is 14.4. The van der Waals surface area contributed by atoms with Crippen LogP contribution in [-0.2, 0) is 0 Å². The predicted octanol–water partition coefficient (Wildman–Crippen LogP) is 13.0. The summed E-state index contributed by atoms with van der Waals surface area (Å²) in [5.41, 5.74) is 11.2. The van der Waals surface area contributed by atoms with Crippen LogP contribution in [0, 0.1) is 0 Å². The fourth-order valence-corrected chi connectivity index (χ4v) is 8.61. The standard InChI is InChI=1S/C51H31N5O/c1-3-15-32(16-4-1)49-52-50(33-17-5-2-6-18-33)54-51(53-49)56-44-25-13-9-21-37(44)40-29-34(27-28-45(40)56)39-30-41-38-22-10-14-26-47(38)57-48(41)31-46(39)55-42-23-11-7-19-35(42)36-20-8-12-24-43(36)55/h1-31H. The molecule has 12 aromatic rings. The first-order chi connectivity index (χ1) is 28.3. The summed E-state index contributed by atoms with van der Waals surface area (Å²) >= 11 is 0. The van der Waals surface area contributed by atoms with Crippen LogP contribution >= 0.6 is 0 Å². The maximum Gasteiger partial charge on any atom is 0.238 e. The van der Waals surface area contributed by atoms with E-state index in [1.807, 2.05) is 72.8 Å². The third-order valence-corrected chi connectivity index (χ3v) is 11.2. The van der Waals surface area contributed by atoms with Gasteiger partial charge in [0, 0.05) is 55.1 Å². The maximum atomic E-state index is 6.53. The first kappa shape index (κ1) is 31.5. The Bertz CT molecular complexity index is 3410. The number of rotatable bonds is 5. The molecule has 0 amide bonds. The summed E-state index contributed by atoms with van der Waals surface area (Å²) in [6.45, 7) is 0. The number of furan rings is 1. The molecule has 0 aliphatic carbocycles. The summed E-state index contributed by atoms with van der Waals surface area (Å²) in [6, 6.07) is 65.7. The van der Waals surface area contributed by atoms with Gasteiger partial charge in [0.05, 0.1) is 27.8 Å². The van der Waals surface area contributed by atoms with Crippen molar-refractivity contribution >= 4 is 65.6 Å². The number of para-hydroxylation sites is 4. The Morgan fingerprint density at radius 1 is 0.333 bits per heavy atom. The predicted molar refractivity (Wildman–Crippen MR) is 232 cm³/mol. The molecule has 12 rings (SSSR count). The van der Waals surface area contributed by atoms with E-state index in [9.17, 15) is 0 Å². The molecule has 0 aliphatic rings. The van der Waals surface area contributed by atoms with Gasteiger partial charge >= 0.3 is 0 Å². The summed E-state index contributed by atoms with van der Waals surface area (Å²) in [4.78, 5) is 15.3. The first-order valence-electron chi connectivity index (χ1n) is 19.1.